The number of benzene rings is 3. The third kappa shape index (κ3) is 5.85. The van der Waals surface area contributed by atoms with Crippen LogP contribution in [-0.4, -0.2) is 32.2 Å². The van der Waals surface area contributed by atoms with Crippen LogP contribution in [0.4, 0.5) is 5.13 Å². The van der Waals surface area contributed by atoms with Gasteiger partial charge in [0.2, 0.25) is 5.91 Å². The van der Waals surface area contributed by atoms with E-state index in [1.54, 1.807) is 12.1 Å². The molecule has 0 aliphatic rings. The Labute approximate surface area is 196 Å². The number of hydrogen-bond donors (Lipinski definition) is 1. The molecule has 6 nitrogen and oxygen atoms in total. The number of carbonyl (C=O) groups is 1. The van der Waals surface area contributed by atoms with Crippen molar-refractivity contribution < 1.29 is 17.9 Å². The van der Waals surface area contributed by atoms with Crippen LogP contribution in [0.1, 0.15) is 11.1 Å². The van der Waals surface area contributed by atoms with E-state index in [9.17, 15) is 13.2 Å². The molecule has 1 N–H and O–H groups in total. The van der Waals surface area contributed by atoms with Crippen molar-refractivity contribution in [1.82, 2.24) is 4.98 Å². The number of hydrogen-bond acceptors (Lipinski definition) is 6. The summed E-state index contributed by atoms with van der Waals surface area (Å²) in [6, 6.07) is 24.3. The first-order valence-corrected chi connectivity index (χ1v) is 12.7. The van der Waals surface area contributed by atoms with Crippen molar-refractivity contribution >= 4 is 32.2 Å². The molecule has 4 rings (SSSR count). The number of thiazole rings is 1. The van der Waals surface area contributed by atoms with E-state index in [0.717, 1.165) is 17.7 Å². The van der Waals surface area contributed by atoms with Crippen LogP contribution in [-0.2, 0) is 21.1 Å². The lowest BCUT2D eigenvalue weighted by atomic mass is 10.0. The fourth-order valence-electron chi connectivity index (χ4n) is 3.28. The zero-order chi connectivity index (χ0) is 23.3. The van der Waals surface area contributed by atoms with Crippen molar-refractivity contribution in [1.29, 1.82) is 0 Å². The van der Waals surface area contributed by atoms with Gasteiger partial charge in [0.15, 0.2) is 15.0 Å². The fourth-order valence-corrected chi connectivity index (χ4v) is 5.15. The van der Waals surface area contributed by atoms with Gasteiger partial charge in [-0.1, -0.05) is 54.6 Å². The highest BCUT2D eigenvalue weighted by Gasteiger charge is 2.20. The molecule has 0 aliphatic carbocycles. The summed E-state index contributed by atoms with van der Waals surface area (Å²) >= 11 is 1.25. The van der Waals surface area contributed by atoms with Crippen molar-refractivity contribution in [2.75, 3.05) is 18.2 Å². The van der Waals surface area contributed by atoms with Gasteiger partial charge >= 0.3 is 0 Å². The van der Waals surface area contributed by atoms with E-state index >= 15 is 0 Å². The number of ether oxygens (including phenoxy) is 1. The Morgan fingerprint density at radius 2 is 1.61 bits per heavy atom. The lowest BCUT2D eigenvalue weighted by Crippen LogP contribution is -2.22. The van der Waals surface area contributed by atoms with E-state index in [-0.39, 0.29) is 4.90 Å². The molecule has 1 heterocycles. The molecule has 8 heteroatoms. The van der Waals surface area contributed by atoms with Gasteiger partial charge < -0.3 is 10.1 Å². The summed E-state index contributed by atoms with van der Waals surface area (Å²) < 4.78 is 30.0. The molecule has 33 heavy (non-hydrogen) atoms. The minimum absolute atomic E-state index is 0.0638. The molecule has 4 aromatic rings. The molecule has 0 saturated heterocycles. The number of sulfone groups is 1. The second kappa shape index (κ2) is 9.97. The van der Waals surface area contributed by atoms with Gasteiger partial charge in [-0.3, -0.25) is 4.79 Å². The van der Waals surface area contributed by atoms with Gasteiger partial charge in [0.05, 0.1) is 17.7 Å². The smallest absolute Gasteiger partial charge is 0.241 e. The summed E-state index contributed by atoms with van der Waals surface area (Å²) in [6.07, 6.45) is 0.849. The van der Waals surface area contributed by atoms with E-state index in [0.29, 0.717) is 10.9 Å². The van der Waals surface area contributed by atoms with Gasteiger partial charge in [-0.2, -0.15) is 0 Å². The zero-order valence-electron chi connectivity index (χ0n) is 17.9. The van der Waals surface area contributed by atoms with Crippen LogP contribution in [0.5, 0.6) is 5.75 Å². The second-order valence-electron chi connectivity index (χ2n) is 7.38. The quantitative estimate of drug-likeness (QED) is 0.392. The SMILES string of the molecule is COc1ccc(S(=O)(=O)CC(=O)Nc2nc(-c3ccc(Cc4ccccc4)cc3)cs2)cc1. The lowest BCUT2D eigenvalue weighted by Gasteiger charge is -2.06. The van der Waals surface area contributed by atoms with Crippen LogP contribution in [0, 0.1) is 0 Å². The maximum atomic E-state index is 12.5. The molecule has 0 atom stereocenters. The highest BCUT2D eigenvalue weighted by molar-refractivity contribution is 7.92. The summed E-state index contributed by atoms with van der Waals surface area (Å²) in [7, 11) is -2.27. The molecule has 0 bridgehead atoms. The van der Waals surface area contributed by atoms with E-state index in [1.165, 1.54) is 41.7 Å². The number of rotatable bonds is 8. The molecule has 168 valence electrons. The molecule has 0 aliphatic heterocycles. The van der Waals surface area contributed by atoms with Gasteiger partial charge in [-0.15, -0.1) is 11.3 Å². The van der Waals surface area contributed by atoms with Crippen molar-refractivity contribution in [2.24, 2.45) is 0 Å². The Balaban J connectivity index is 1.38. The van der Waals surface area contributed by atoms with E-state index < -0.39 is 21.5 Å². The number of carbonyl (C=O) groups excluding carboxylic acids is 1. The molecule has 0 unspecified atom stereocenters. The predicted octanol–water partition coefficient (Wildman–Crippen LogP) is 4.82. The standard InChI is InChI=1S/C25H22N2O4S2/c1-31-21-11-13-22(14-12-21)33(29,30)17-24(28)27-25-26-23(16-32-25)20-9-7-19(8-10-20)15-18-5-3-2-4-6-18/h2-14,16H,15,17H2,1H3,(H,26,27,28). The largest absolute Gasteiger partial charge is 0.497 e. The first-order chi connectivity index (χ1) is 15.9. The monoisotopic (exact) mass is 478 g/mol. The van der Waals surface area contributed by atoms with Crippen LogP contribution in [0.25, 0.3) is 11.3 Å². The van der Waals surface area contributed by atoms with Crippen molar-refractivity contribution in [3.63, 3.8) is 0 Å². The van der Waals surface area contributed by atoms with Crippen LogP contribution in [0.3, 0.4) is 0 Å². The number of nitrogens with one attached hydrogen (secondary N) is 1. The predicted molar refractivity (Wildman–Crippen MR) is 130 cm³/mol. The average molecular weight is 479 g/mol. The van der Waals surface area contributed by atoms with Gasteiger partial charge in [0.1, 0.15) is 11.5 Å². The Morgan fingerprint density at radius 1 is 0.939 bits per heavy atom. The first-order valence-electron chi connectivity index (χ1n) is 10.2. The van der Waals surface area contributed by atoms with Crippen LogP contribution in [0.2, 0.25) is 0 Å². The maximum absolute atomic E-state index is 12.5. The topological polar surface area (TPSA) is 85.4 Å². The van der Waals surface area contributed by atoms with Crippen LogP contribution in [0.15, 0.2) is 89.1 Å². The highest BCUT2D eigenvalue weighted by atomic mass is 32.2. The highest BCUT2D eigenvalue weighted by Crippen LogP contribution is 2.26. The van der Waals surface area contributed by atoms with Crippen molar-refractivity contribution in [3.8, 4) is 17.0 Å². The van der Waals surface area contributed by atoms with Gasteiger partial charge in [-0.05, 0) is 41.8 Å². The Hall–Kier alpha value is -3.49. The van der Waals surface area contributed by atoms with Crippen LogP contribution >= 0.6 is 11.3 Å². The second-order valence-corrected chi connectivity index (χ2v) is 10.2. The Kier molecular flexibility index (Phi) is 6.86. The molecular weight excluding hydrogens is 456 g/mol. The summed E-state index contributed by atoms with van der Waals surface area (Å²) in [5, 5.41) is 4.78. The van der Waals surface area contributed by atoms with Crippen LogP contribution < -0.4 is 10.1 Å². The molecular formula is C25H22N2O4S2. The number of aromatic nitrogens is 1. The van der Waals surface area contributed by atoms with Gasteiger partial charge in [0, 0.05) is 10.9 Å². The minimum Gasteiger partial charge on any atom is -0.497 e. The first kappa shape index (κ1) is 22.7. The van der Waals surface area contributed by atoms with E-state index in [4.69, 9.17) is 4.74 Å². The molecule has 0 saturated carbocycles. The molecule has 1 aromatic heterocycles. The maximum Gasteiger partial charge on any atom is 0.241 e. The summed E-state index contributed by atoms with van der Waals surface area (Å²) in [6.45, 7) is 0. The molecule has 3 aromatic carbocycles. The normalized spacial score (nSPS) is 11.2. The molecule has 0 radical (unpaired) electrons. The number of amides is 1. The lowest BCUT2D eigenvalue weighted by molar-refractivity contribution is -0.113. The summed E-state index contributed by atoms with van der Waals surface area (Å²) in [4.78, 5) is 16.8. The Bertz CT molecular complexity index is 1330. The third-order valence-corrected chi connectivity index (χ3v) is 7.38. The summed E-state index contributed by atoms with van der Waals surface area (Å²) in [5.41, 5.74) is 4.08. The number of anilines is 1. The Morgan fingerprint density at radius 3 is 2.27 bits per heavy atom. The molecule has 0 fully saturated rings. The van der Waals surface area contributed by atoms with Gasteiger partial charge in [0.25, 0.3) is 0 Å². The third-order valence-electron chi connectivity index (χ3n) is 4.99. The minimum atomic E-state index is -3.77. The van der Waals surface area contributed by atoms with E-state index in [1.807, 2.05) is 35.7 Å². The van der Waals surface area contributed by atoms with Crippen molar-refractivity contribution in [2.45, 2.75) is 11.3 Å². The zero-order valence-corrected chi connectivity index (χ0v) is 19.5. The number of methoxy groups -OCH3 is 1. The molecule has 1 amide bonds. The average Bonchev–Trinajstić information content (AvgIpc) is 3.28. The van der Waals surface area contributed by atoms with Crippen molar-refractivity contribution in [3.05, 3.63) is 95.4 Å². The van der Waals surface area contributed by atoms with E-state index in [2.05, 4.69) is 34.6 Å². The molecule has 0 spiro atoms. The fraction of sp³-hybridized carbons (Fsp3) is 0.120. The summed E-state index contributed by atoms with van der Waals surface area (Å²) in [5.74, 6) is -0.755. The number of nitrogens with zero attached hydrogens (tertiary/aromatic N) is 1. The van der Waals surface area contributed by atoms with Gasteiger partial charge in [-0.25, -0.2) is 13.4 Å².